The summed E-state index contributed by atoms with van der Waals surface area (Å²) in [6, 6.07) is 11.4. The molecule has 4 nitrogen and oxygen atoms in total. The van der Waals surface area contributed by atoms with E-state index in [2.05, 4.69) is 5.32 Å². The second-order valence-corrected chi connectivity index (χ2v) is 5.14. The van der Waals surface area contributed by atoms with Crippen LogP contribution >= 0.6 is 11.6 Å². The van der Waals surface area contributed by atoms with Gasteiger partial charge in [0.15, 0.2) is 0 Å². The van der Waals surface area contributed by atoms with Crippen LogP contribution in [-0.2, 0) is 4.79 Å². The van der Waals surface area contributed by atoms with E-state index in [0.29, 0.717) is 10.7 Å². The topological polar surface area (TPSA) is 66.4 Å². The number of carboxylic acids is 1. The number of aromatic carboxylic acids is 1. The number of carbonyl (C=O) groups excluding carboxylic acids is 1. The highest BCUT2D eigenvalue weighted by molar-refractivity contribution is 6.30. The molecule has 1 amide bonds. The number of hydrogen-bond acceptors (Lipinski definition) is 2. The SMILES string of the molecule is Cc1cc(Cl)ccc1C=CC(=O)Nc1ccc(C(=O)O)cc1. The fourth-order valence-corrected chi connectivity index (χ4v) is 2.10. The van der Waals surface area contributed by atoms with Gasteiger partial charge in [-0.15, -0.1) is 0 Å². The lowest BCUT2D eigenvalue weighted by molar-refractivity contribution is -0.111. The smallest absolute Gasteiger partial charge is 0.335 e. The van der Waals surface area contributed by atoms with Gasteiger partial charge in [0.05, 0.1) is 5.56 Å². The van der Waals surface area contributed by atoms with Crippen LogP contribution < -0.4 is 5.32 Å². The Balaban J connectivity index is 2.03. The maximum absolute atomic E-state index is 11.8. The summed E-state index contributed by atoms with van der Waals surface area (Å²) in [7, 11) is 0. The molecule has 0 unspecified atom stereocenters. The molecule has 22 heavy (non-hydrogen) atoms. The van der Waals surface area contributed by atoms with Gasteiger partial charge >= 0.3 is 5.97 Å². The Bertz CT molecular complexity index is 736. The van der Waals surface area contributed by atoms with Gasteiger partial charge in [-0.05, 0) is 60.5 Å². The van der Waals surface area contributed by atoms with E-state index >= 15 is 0 Å². The third kappa shape index (κ3) is 4.20. The second-order valence-electron chi connectivity index (χ2n) is 4.71. The lowest BCUT2D eigenvalue weighted by Crippen LogP contribution is -2.08. The fraction of sp³-hybridized carbons (Fsp3) is 0.0588. The number of nitrogens with one attached hydrogen (secondary N) is 1. The molecule has 2 aromatic carbocycles. The van der Waals surface area contributed by atoms with Crippen LogP contribution in [0, 0.1) is 6.92 Å². The maximum Gasteiger partial charge on any atom is 0.335 e. The van der Waals surface area contributed by atoms with Crippen molar-refractivity contribution in [1.29, 1.82) is 0 Å². The van der Waals surface area contributed by atoms with Crippen molar-refractivity contribution in [2.24, 2.45) is 0 Å². The van der Waals surface area contributed by atoms with Gasteiger partial charge in [-0.25, -0.2) is 4.79 Å². The van der Waals surface area contributed by atoms with Crippen molar-refractivity contribution in [3.05, 3.63) is 70.3 Å². The van der Waals surface area contributed by atoms with E-state index in [4.69, 9.17) is 16.7 Å². The van der Waals surface area contributed by atoms with Gasteiger partial charge in [0.1, 0.15) is 0 Å². The first-order valence-corrected chi connectivity index (χ1v) is 6.92. The normalized spacial score (nSPS) is 10.6. The monoisotopic (exact) mass is 315 g/mol. The minimum Gasteiger partial charge on any atom is -0.478 e. The van der Waals surface area contributed by atoms with E-state index in [9.17, 15) is 9.59 Å². The molecule has 2 rings (SSSR count). The van der Waals surface area contributed by atoms with E-state index in [1.54, 1.807) is 24.3 Å². The zero-order valence-electron chi connectivity index (χ0n) is 11.8. The van der Waals surface area contributed by atoms with Crippen LogP contribution in [0.4, 0.5) is 5.69 Å². The van der Waals surface area contributed by atoms with E-state index in [1.807, 2.05) is 19.1 Å². The van der Waals surface area contributed by atoms with E-state index in [0.717, 1.165) is 11.1 Å². The number of carboxylic acid groups (broad SMARTS) is 1. The summed E-state index contributed by atoms with van der Waals surface area (Å²) in [5.74, 6) is -1.30. The molecular weight excluding hydrogens is 302 g/mol. The minimum absolute atomic E-state index is 0.172. The van der Waals surface area contributed by atoms with Crippen LogP contribution in [0.3, 0.4) is 0 Å². The molecule has 0 bridgehead atoms. The predicted molar refractivity (Wildman–Crippen MR) is 87.3 cm³/mol. The quantitative estimate of drug-likeness (QED) is 0.838. The highest BCUT2D eigenvalue weighted by Crippen LogP contribution is 2.16. The van der Waals surface area contributed by atoms with Crippen LogP contribution in [0.25, 0.3) is 6.08 Å². The van der Waals surface area contributed by atoms with Gasteiger partial charge in [0.25, 0.3) is 0 Å². The van der Waals surface area contributed by atoms with Gasteiger partial charge < -0.3 is 10.4 Å². The average molecular weight is 316 g/mol. The first-order valence-electron chi connectivity index (χ1n) is 6.54. The lowest BCUT2D eigenvalue weighted by Gasteiger charge is -2.03. The summed E-state index contributed by atoms with van der Waals surface area (Å²) >= 11 is 5.88. The Morgan fingerprint density at radius 3 is 2.41 bits per heavy atom. The molecule has 0 spiro atoms. The van der Waals surface area contributed by atoms with Crippen LogP contribution in [0.5, 0.6) is 0 Å². The van der Waals surface area contributed by atoms with Crippen molar-refractivity contribution < 1.29 is 14.7 Å². The molecule has 0 saturated heterocycles. The van der Waals surface area contributed by atoms with Crippen molar-refractivity contribution in [3.8, 4) is 0 Å². The standard InChI is InChI=1S/C17H14ClNO3/c1-11-10-14(18)6-2-12(11)5-9-16(20)19-15-7-3-13(4-8-15)17(21)22/h2-10H,1H3,(H,19,20)(H,21,22). The van der Waals surface area contributed by atoms with Gasteiger partial charge in [-0.3, -0.25) is 4.79 Å². The number of hydrogen-bond donors (Lipinski definition) is 2. The number of halogens is 1. The molecule has 0 aliphatic heterocycles. The van der Waals surface area contributed by atoms with Crippen LogP contribution in [0.2, 0.25) is 5.02 Å². The van der Waals surface area contributed by atoms with E-state index < -0.39 is 5.97 Å². The van der Waals surface area contributed by atoms with Gasteiger partial charge in [0, 0.05) is 16.8 Å². The first kappa shape index (κ1) is 15.8. The summed E-state index contributed by atoms with van der Waals surface area (Å²) in [4.78, 5) is 22.6. The summed E-state index contributed by atoms with van der Waals surface area (Å²) in [6.45, 7) is 1.91. The van der Waals surface area contributed by atoms with Crippen molar-refractivity contribution in [1.82, 2.24) is 0 Å². The number of rotatable bonds is 4. The maximum atomic E-state index is 11.8. The predicted octanol–water partition coefficient (Wildman–Crippen LogP) is 4.00. The van der Waals surface area contributed by atoms with Crippen LogP contribution in [0.1, 0.15) is 21.5 Å². The van der Waals surface area contributed by atoms with Gasteiger partial charge in [-0.1, -0.05) is 17.7 Å². The van der Waals surface area contributed by atoms with Crippen molar-refractivity contribution in [2.75, 3.05) is 5.32 Å². The Morgan fingerprint density at radius 2 is 1.82 bits per heavy atom. The Morgan fingerprint density at radius 1 is 1.14 bits per heavy atom. The Hall–Kier alpha value is -2.59. The van der Waals surface area contributed by atoms with Crippen molar-refractivity contribution in [2.45, 2.75) is 6.92 Å². The summed E-state index contributed by atoms with van der Waals surface area (Å²) < 4.78 is 0. The molecule has 0 heterocycles. The molecule has 112 valence electrons. The summed E-state index contributed by atoms with van der Waals surface area (Å²) in [6.07, 6.45) is 3.12. The zero-order chi connectivity index (χ0) is 16.1. The molecule has 0 fully saturated rings. The number of anilines is 1. The molecule has 0 atom stereocenters. The molecule has 0 aliphatic rings. The fourth-order valence-electron chi connectivity index (χ4n) is 1.87. The molecule has 2 N–H and O–H groups in total. The zero-order valence-corrected chi connectivity index (χ0v) is 12.6. The number of benzene rings is 2. The summed E-state index contributed by atoms with van der Waals surface area (Å²) in [5, 5.41) is 12.1. The van der Waals surface area contributed by atoms with Crippen LogP contribution in [-0.4, -0.2) is 17.0 Å². The average Bonchev–Trinajstić information content (AvgIpc) is 2.47. The van der Waals surface area contributed by atoms with Crippen molar-refractivity contribution >= 4 is 35.2 Å². The molecule has 2 aromatic rings. The third-order valence-electron chi connectivity index (χ3n) is 3.05. The Kier molecular flexibility index (Phi) is 4.96. The molecule has 0 aromatic heterocycles. The molecular formula is C17H14ClNO3. The highest BCUT2D eigenvalue weighted by Gasteiger charge is 2.03. The summed E-state index contributed by atoms with van der Waals surface area (Å²) in [5.41, 5.74) is 2.58. The first-order chi connectivity index (χ1) is 10.5. The minimum atomic E-state index is -1.00. The molecule has 0 radical (unpaired) electrons. The number of carbonyl (C=O) groups is 2. The molecule has 5 heteroatoms. The second kappa shape index (κ2) is 6.91. The van der Waals surface area contributed by atoms with Crippen molar-refractivity contribution in [3.63, 3.8) is 0 Å². The highest BCUT2D eigenvalue weighted by atomic mass is 35.5. The van der Waals surface area contributed by atoms with Gasteiger partial charge in [-0.2, -0.15) is 0 Å². The molecule has 0 saturated carbocycles. The van der Waals surface area contributed by atoms with Gasteiger partial charge in [0.2, 0.25) is 5.91 Å². The number of aryl methyl sites for hydroxylation is 1. The lowest BCUT2D eigenvalue weighted by atomic mass is 10.1. The van der Waals surface area contributed by atoms with E-state index in [-0.39, 0.29) is 11.5 Å². The largest absolute Gasteiger partial charge is 0.478 e. The number of amides is 1. The Labute approximate surface area is 133 Å². The van der Waals surface area contributed by atoms with E-state index in [1.165, 1.54) is 18.2 Å². The third-order valence-corrected chi connectivity index (χ3v) is 3.28. The van der Waals surface area contributed by atoms with Crippen LogP contribution in [0.15, 0.2) is 48.5 Å². The molecule has 0 aliphatic carbocycles.